The summed E-state index contributed by atoms with van der Waals surface area (Å²) in [5.74, 6) is 1.15. The molecule has 17 heavy (non-hydrogen) atoms. The van der Waals surface area contributed by atoms with Crippen LogP contribution in [0.5, 0.6) is 0 Å². The Balaban J connectivity index is 2.13. The molecule has 0 aliphatic heterocycles. The Bertz CT molecular complexity index is 531. The van der Waals surface area contributed by atoms with E-state index in [1.807, 2.05) is 12.1 Å². The van der Waals surface area contributed by atoms with Crippen molar-refractivity contribution in [1.82, 2.24) is 9.97 Å². The highest BCUT2D eigenvalue weighted by Crippen LogP contribution is 2.30. The standard InChI is InChI=1S/C12H12ClN3S/c1-8-4-2-3-5-9(8)6-17-12-10(13)11(14)15-7-16-12/h2-5,7H,6H2,1H3,(H2,14,15,16). The number of benzene rings is 1. The Morgan fingerprint density at radius 3 is 2.82 bits per heavy atom. The van der Waals surface area contributed by atoms with Crippen LogP contribution in [0, 0.1) is 6.92 Å². The zero-order valence-electron chi connectivity index (χ0n) is 9.35. The first-order valence-corrected chi connectivity index (χ1v) is 6.48. The van der Waals surface area contributed by atoms with Crippen molar-refractivity contribution in [2.75, 3.05) is 5.73 Å². The topological polar surface area (TPSA) is 51.8 Å². The Morgan fingerprint density at radius 1 is 1.29 bits per heavy atom. The minimum absolute atomic E-state index is 0.328. The summed E-state index contributed by atoms with van der Waals surface area (Å²) in [7, 11) is 0. The van der Waals surface area contributed by atoms with Gasteiger partial charge in [-0.3, -0.25) is 0 Å². The summed E-state index contributed by atoms with van der Waals surface area (Å²) in [5, 5.41) is 1.16. The lowest BCUT2D eigenvalue weighted by atomic mass is 10.1. The second-order valence-electron chi connectivity index (χ2n) is 3.59. The summed E-state index contributed by atoms with van der Waals surface area (Å²) in [4.78, 5) is 7.96. The van der Waals surface area contributed by atoms with Crippen LogP contribution in [0.2, 0.25) is 5.02 Å². The van der Waals surface area contributed by atoms with Crippen LogP contribution in [0.3, 0.4) is 0 Å². The zero-order chi connectivity index (χ0) is 12.3. The first-order valence-electron chi connectivity index (χ1n) is 5.11. The van der Waals surface area contributed by atoms with E-state index in [4.69, 9.17) is 17.3 Å². The second-order valence-corrected chi connectivity index (χ2v) is 4.94. The van der Waals surface area contributed by atoms with Crippen LogP contribution in [-0.4, -0.2) is 9.97 Å². The van der Waals surface area contributed by atoms with Gasteiger partial charge in [0, 0.05) is 5.75 Å². The molecule has 0 aliphatic rings. The quantitative estimate of drug-likeness (QED) is 0.683. The van der Waals surface area contributed by atoms with Gasteiger partial charge in [-0.05, 0) is 18.1 Å². The van der Waals surface area contributed by atoms with E-state index < -0.39 is 0 Å². The number of hydrogen-bond donors (Lipinski definition) is 1. The molecular weight excluding hydrogens is 254 g/mol. The van der Waals surface area contributed by atoms with Crippen LogP contribution >= 0.6 is 23.4 Å². The van der Waals surface area contributed by atoms with Gasteiger partial charge in [0.15, 0.2) is 0 Å². The van der Waals surface area contributed by atoms with Crippen LogP contribution in [-0.2, 0) is 5.75 Å². The number of halogens is 1. The molecule has 2 N–H and O–H groups in total. The fourth-order valence-corrected chi connectivity index (χ4v) is 2.62. The van der Waals surface area contributed by atoms with E-state index in [1.165, 1.54) is 17.5 Å². The first-order chi connectivity index (χ1) is 8.18. The van der Waals surface area contributed by atoms with Gasteiger partial charge in [0.05, 0.1) is 0 Å². The maximum atomic E-state index is 6.03. The summed E-state index contributed by atoms with van der Waals surface area (Å²) in [6, 6.07) is 8.24. The lowest BCUT2D eigenvalue weighted by Crippen LogP contribution is -1.95. The summed E-state index contributed by atoms with van der Waals surface area (Å²) in [6.45, 7) is 2.09. The van der Waals surface area contributed by atoms with Gasteiger partial charge in [0.1, 0.15) is 22.2 Å². The van der Waals surface area contributed by atoms with Gasteiger partial charge in [0.2, 0.25) is 0 Å². The van der Waals surface area contributed by atoms with E-state index in [1.54, 1.807) is 11.8 Å². The predicted octanol–water partition coefficient (Wildman–Crippen LogP) is 3.31. The lowest BCUT2D eigenvalue weighted by molar-refractivity contribution is 1.05. The average molecular weight is 266 g/mol. The van der Waals surface area contributed by atoms with E-state index in [0.29, 0.717) is 10.8 Å². The Morgan fingerprint density at radius 2 is 2.06 bits per heavy atom. The van der Waals surface area contributed by atoms with Crippen molar-refractivity contribution in [2.45, 2.75) is 17.7 Å². The molecule has 0 atom stereocenters. The van der Waals surface area contributed by atoms with Crippen LogP contribution in [0.25, 0.3) is 0 Å². The number of aryl methyl sites for hydroxylation is 1. The van der Waals surface area contributed by atoms with Gasteiger partial charge in [0.25, 0.3) is 0 Å². The van der Waals surface area contributed by atoms with Crippen LogP contribution in [0.15, 0.2) is 35.6 Å². The normalized spacial score (nSPS) is 10.5. The molecule has 1 heterocycles. The molecule has 1 aromatic heterocycles. The van der Waals surface area contributed by atoms with Gasteiger partial charge in [-0.1, -0.05) is 47.6 Å². The number of nitrogens with zero attached hydrogens (tertiary/aromatic N) is 2. The van der Waals surface area contributed by atoms with Crippen LogP contribution in [0.4, 0.5) is 5.82 Å². The predicted molar refractivity (Wildman–Crippen MR) is 72.2 cm³/mol. The van der Waals surface area contributed by atoms with Crippen LogP contribution < -0.4 is 5.73 Å². The van der Waals surface area contributed by atoms with Crippen molar-refractivity contribution in [3.8, 4) is 0 Å². The largest absolute Gasteiger partial charge is 0.382 e. The van der Waals surface area contributed by atoms with Crippen molar-refractivity contribution in [3.05, 3.63) is 46.7 Å². The van der Waals surface area contributed by atoms with Crippen molar-refractivity contribution in [3.63, 3.8) is 0 Å². The van der Waals surface area contributed by atoms with E-state index in [2.05, 4.69) is 29.0 Å². The molecule has 0 aliphatic carbocycles. The number of anilines is 1. The highest BCUT2D eigenvalue weighted by molar-refractivity contribution is 7.98. The molecule has 0 saturated heterocycles. The van der Waals surface area contributed by atoms with E-state index >= 15 is 0 Å². The SMILES string of the molecule is Cc1ccccc1CSc1ncnc(N)c1Cl. The molecule has 0 spiro atoms. The van der Waals surface area contributed by atoms with E-state index in [0.717, 1.165) is 10.8 Å². The number of nitrogens with two attached hydrogens (primary N) is 1. The smallest absolute Gasteiger partial charge is 0.146 e. The summed E-state index contributed by atoms with van der Waals surface area (Å²) < 4.78 is 0. The molecule has 2 rings (SSSR count). The minimum atomic E-state index is 0.328. The highest BCUT2D eigenvalue weighted by Gasteiger charge is 2.07. The van der Waals surface area contributed by atoms with Crippen molar-refractivity contribution >= 4 is 29.2 Å². The molecule has 0 amide bonds. The third kappa shape index (κ3) is 2.90. The number of hydrogen-bond acceptors (Lipinski definition) is 4. The summed E-state index contributed by atoms with van der Waals surface area (Å²) in [6.07, 6.45) is 1.43. The molecule has 0 radical (unpaired) electrons. The molecule has 0 fully saturated rings. The molecule has 1 aromatic carbocycles. The van der Waals surface area contributed by atoms with Gasteiger partial charge in [-0.2, -0.15) is 0 Å². The lowest BCUT2D eigenvalue weighted by Gasteiger charge is -2.06. The van der Waals surface area contributed by atoms with Gasteiger partial charge >= 0.3 is 0 Å². The maximum Gasteiger partial charge on any atom is 0.146 e. The van der Waals surface area contributed by atoms with Crippen molar-refractivity contribution in [1.29, 1.82) is 0 Å². The number of nitrogen functional groups attached to an aromatic ring is 1. The summed E-state index contributed by atoms with van der Waals surface area (Å²) in [5.41, 5.74) is 8.15. The van der Waals surface area contributed by atoms with Crippen molar-refractivity contribution in [2.24, 2.45) is 0 Å². The van der Waals surface area contributed by atoms with Gasteiger partial charge in [-0.25, -0.2) is 9.97 Å². The molecule has 0 bridgehead atoms. The molecular formula is C12H12ClN3S. The zero-order valence-corrected chi connectivity index (χ0v) is 10.9. The van der Waals surface area contributed by atoms with E-state index in [9.17, 15) is 0 Å². The monoisotopic (exact) mass is 265 g/mol. The minimum Gasteiger partial charge on any atom is -0.382 e. The first kappa shape index (κ1) is 12.2. The molecule has 5 heteroatoms. The van der Waals surface area contributed by atoms with Gasteiger partial charge < -0.3 is 5.73 Å². The maximum absolute atomic E-state index is 6.03. The van der Waals surface area contributed by atoms with E-state index in [-0.39, 0.29) is 0 Å². The Labute approximate surface area is 109 Å². The number of rotatable bonds is 3. The van der Waals surface area contributed by atoms with Gasteiger partial charge in [-0.15, -0.1) is 0 Å². The highest BCUT2D eigenvalue weighted by atomic mass is 35.5. The Kier molecular flexibility index (Phi) is 3.86. The Hall–Kier alpha value is -1.26. The average Bonchev–Trinajstić information content (AvgIpc) is 2.33. The third-order valence-electron chi connectivity index (χ3n) is 2.41. The summed E-state index contributed by atoms with van der Waals surface area (Å²) >= 11 is 7.59. The third-order valence-corrected chi connectivity index (χ3v) is 3.93. The molecule has 0 unspecified atom stereocenters. The van der Waals surface area contributed by atoms with Crippen LogP contribution in [0.1, 0.15) is 11.1 Å². The number of thioether (sulfide) groups is 1. The molecule has 2 aromatic rings. The molecule has 0 saturated carbocycles. The number of aromatic nitrogens is 2. The molecule has 3 nitrogen and oxygen atoms in total. The second kappa shape index (κ2) is 5.38. The van der Waals surface area contributed by atoms with Crippen molar-refractivity contribution < 1.29 is 0 Å². The molecule has 88 valence electrons. The fraction of sp³-hybridized carbons (Fsp3) is 0.167. The fourth-order valence-electron chi connectivity index (χ4n) is 1.39.